The second-order valence-corrected chi connectivity index (χ2v) is 4.35. The van der Waals surface area contributed by atoms with Gasteiger partial charge in [-0.3, -0.25) is 0 Å². The molecule has 1 unspecified atom stereocenters. The van der Waals surface area contributed by atoms with Crippen LogP contribution in [-0.2, 0) is 0 Å². The molecule has 0 radical (unpaired) electrons. The largest absolute Gasteiger partial charge is 0.444 e. The molecule has 0 aliphatic heterocycles. The Morgan fingerprint density at radius 2 is 2.11 bits per heavy atom. The highest BCUT2D eigenvalue weighted by Gasteiger charge is 2.15. The minimum atomic E-state index is -0.161. The second kappa shape index (κ2) is 4.81. The van der Waals surface area contributed by atoms with Gasteiger partial charge in [0.2, 0.25) is 11.2 Å². The van der Waals surface area contributed by atoms with Crippen molar-refractivity contribution in [3.05, 3.63) is 28.8 Å². The van der Waals surface area contributed by atoms with E-state index in [4.69, 9.17) is 21.8 Å². The van der Waals surface area contributed by atoms with Gasteiger partial charge in [-0.05, 0) is 32.4 Å². The van der Waals surface area contributed by atoms with Gasteiger partial charge in [-0.2, -0.15) is 4.98 Å². The summed E-state index contributed by atoms with van der Waals surface area (Å²) in [5.41, 5.74) is 6.99. The van der Waals surface area contributed by atoms with Crippen LogP contribution in [0.15, 0.2) is 10.6 Å². The predicted octanol–water partition coefficient (Wildman–Crippen LogP) is 2.49. The summed E-state index contributed by atoms with van der Waals surface area (Å²) in [5, 5.41) is 3.26. The van der Waals surface area contributed by atoms with E-state index in [2.05, 4.69) is 20.3 Å². The van der Waals surface area contributed by atoms with Crippen LogP contribution in [0.1, 0.15) is 30.3 Å². The first-order chi connectivity index (χ1) is 8.47. The van der Waals surface area contributed by atoms with Crippen LogP contribution in [0.5, 0.6) is 0 Å². The Morgan fingerprint density at radius 1 is 1.39 bits per heavy atom. The van der Waals surface area contributed by atoms with Crippen LogP contribution in [0, 0.1) is 13.8 Å². The van der Waals surface area contributed by atoms with Crippen molar-refractivity contribution >= 4 is 23.1 Å². The summed E-state index contributed by atoms with van der Waals surface area (Å²) in [5.74, 6) is 1.80. The van der Waals surface area contributed by atoms with Gasteiger partial charge in [0.25, 0.3) is 0 Å². The maximum atomic E-state index is 5.89. The number of rotatable bonds is 3. The van der Waals surface area contributed by atoms with E-state index in [0.29, 0.717) is 23.1 Å². The lowest BCUT2D eigenvalue weighted by Crippen LogP contribution is -2.12. The minimum absolute atomic E-state index is 0.153. The Kier molecular flexibility index (Phi) is 3.38. The Bertz CT molecular complexity index is 569. The number of halogens is 1. The van der Waals surface area contributed by atoms with Crippen molar-refractivity contribution in [2.45, 2.75) is 26.8 Å². The average Bonchev–Trinajstić information content (AvgIpc) is 2.72. The summed E-state index contributed by atoms with van der Waals surface area (Å²) in [6.07, 6.45) is 1.66. The summed E-state index contributed by atoms with van der Waals surface area (Å²) < 4.78 is 5.43. The first kappa shape index (κ1) is 12.6. The molecule has 2 aromatic heterocycles. The molecular weight excluding hydrogens is 254 g/mol. The summed E-state index contributed by atoms with van der Waals surface area (Å²) in [6, 6.07) is -0.161. The molecular formula is C11H14ClN5O. The number of nitrogens with zero attached hydrogens (tertiary/aromatic N) is 3. The molecule has 0 spiro atoms. The fourth-order valence-corrected chi connectivity index (χ4v) is 1.71. The first-order valence-electron chi connectivity index (χ1n) is 5.46. The third kappa shape index (κ3) is 2.53. The molecule has 0 aromatic carbocycles. The van der Waals surface area contributed by atoms with Gasteiger partial charge in [-0.1, -0.05) is 0 Å². The van der Waals surface area contributed by atoms with Gasteiger partial charge in [0.05, 0.1) is 17.6 Å². The fourth-order valence-electron chi connectivity index (χ4n) is 1.50. The molecule has 0 saturated heterocycles. The quantitative estimate of drug-likeness (QED) is 0.831. The molecule has 6 nitrogen and oxygen atoms in total. The molecule has 0 fully saturated rings. The highest BCUT2D eigenvalue weighted by Crippen LogP contribution is 2.25. The zero-order valence-corrected chi connectivity index (χ0v) is 11.1. The third-order valence-electron chi connectivity index (χ3n) is 2.47. The van der Waals surface area contributed by atoms with E-state index in [1.54, 1.807) is 13.1 Å². The van der Waals surface area contributed by atoms with Crippen molar-refractivity contribution in [3.63, 3.8) is 0 Å². The zero-order chi connectivity index (χ0) is 13.3. The number of nitrogen functional groups attached to an aromatic ring is 1. The molecule has 2 aromatic rings. The minimum Gasteiger partial charge on any atom is -0.444 e. The predicted molar refractivity (Wildman–Crippen MR) is 69.5 cm³/mol. The first-order valence-corrected chi connectivity index (χ1v) is 5.83. The molecule has 0 aliphatic rings. The van der Waals surface area contributed by atoms with Crippen LogP contribution in [0.3, 0.4) is 0 Å². The summed E-state index contributed by atoms with van der Waals surface area (Å²) in [6.45, 7) is 5.51. The highest BCUT2D eigenvalue weighted by molar-refractivity contribution is 6.28. The van der Waals surface area contributed by atoms with Gasteiger partial charge in [0, 0.05) is 0 Å². The molecule has 2 rings (SSSR count). The third-order valence-corrected chi connectivity index (χ3v) is 2.64. The fraction of sp³-hybridized carbons (Fsp3) is 0.364. The molecule has 0 aliphatic carbocycles. The molecule has 0 amide bonds. The number of hydrogen-bond donors (Lipinski definition) is 2. The van der Waals surface area contributed by atoms with E-state index in [9.17, 15) is 0 Å². The standard InChI is InChI=1S/C11H14ClN5O/c1-5-4-14-10(18-5)7(3)15-9-8(13)6(2)16-11(12)17-9/h4,7H,13H2,1-3H3,(H,15,16,17). The van der Waals surface area contributed by atoms with Crippen LogP contribution >= 0.6 is 11.6 Å². The van der Waals surface area contributed by atoms with Gasteiger partial charge in [-0.15, -0.1) is 0 Å². The number of hydrogen-bond acceptors (Lipinski definition) is 6. The Labute approximate surface area is 110 Å². The van der Waals surface area contributed by atoms with E-state index in [0.717, 1.165) is 5.76 Å². The van der Waals surface area contributed by atoms with Crippen molar-refractivity contribution in [1.29, 1.82) is 0 Å². The highest BCUT2D eigenvalue weighted by atomic mass is 35.5. The lowest BCUT2D eigenvalue weighted by atomic mass is 10.3. The van der Waals surface area contributed by atoms with Crippen LogP contribution in [0.25, 0.3) is 0 Å². The topological polar surface area (TPSA) is 89.9 Å². The van der Waals surface area contributed by atoms with Gasteiger partial charge < -0.3 is 15.5 Å². The normalized spacial score (nSPS) is 12.4. The second-order valence-electron chi connectivity index (χ2n) is 4.02. The number of nitrogens with one attached hydrogen (secondary N) is 1. The molecule has 96 valence electrons. The molecule has 18 heavy (non-hydrogen) atoms. The molecule has 1 atom stereocenters. The summed E-state index contributed by atoms with van der Waals surface area (Å²) >= 11 is 5.80. The van der Waals surface area contributed by atoms with E-state index < -0.39 is 0 Å². The number of oxazole rings is 1. The Morgan fingerprint density at radius 3 is 2.72 bits per heavy atom. The van der Waals surface area contributed by atoms with Crippen LogP contribution < -0.4 is 11.1 Å². The number of anilines is 2. The van der Waals surface area contributed by atoms with Gasteiger partial charge in [0.15, 0.2) is 5.82 Å². The van der Waals surface area contributed by atoms with Crippen LogP contribution in [-0.4, -0.2) is 15.0 Å². The lowest BCUT2D eigenvalue weighted by Gasteiger charge is -2.14. The van der Waals surface area contributed by atoms with E-state index >= 15 is 0 Å². The van der Waals surface area contributed by atoms with Crippen molar-refractivity contribution in [2.24, 2.45) is 0 Å². The lowest BCUT2D eigenvalue weighted by molar-refractivity contribution is 0.453. The average molecular weight is 268 g/mol. The maximum Gasteiger partial charge on any atom is 0.224 e. The van der Waals surface area contributed by atoms with Gasteiger partial charge >= 0.3 is 0 Å². The van der Waals surface area contributed by atoms with Crippen LogP contribution in [0.2, 0.25) is 5.28 Å². The number of aryl methyl sites for hydroxylation is 2. The Hall–Kier alpha value is -1.82. The summed E-state index contributed by atoms with van der Waals surface area (Å²) in [7, 11) is 0. The number of nitrogens with two attached hydrogens (primary N) is 1. The number of aromatic nitrogens is 3. The Balaban J connectivity index is 2.24. The molecule has 2 heterocycles. The molecule has 3 N–H and O–H groups in total. The smallest absolute Gasteiger partial charge is 0.224 e. The monoisotopic (exact) mass is 267 g/mol. The summed E-state index contributed by atoms with van der Waals surface area (Å²) in [4.78, 5) is 12.2. The van der Waals surface area contributed by atoms with Crippen molar-refractivity contribution in [2.75, 3.05) is 11.1 Å². The molecule has 0 saturated carbocycles. The van der Waals surface area contributed by atoms with Crippen molar-refractivity contribution in [1.82, 2.24) is 15.0 Å². The van der Waals surface area contributed by atoms with Crippen molar-refractivity contribution in [3.8, 4) is 0 Å². The van der Waals surface area contributed by atoms with E-state index in [1.807, 2.05) is 13.8 Å². The van der Waals surface area contributed by atoms with E-state index in [1.165, 1.54) is 0 Å². The zero-order valence-electron chi connectivity index (χ0n) is 10.4. The van der Waals surface area contributed by atoms with E-state index in [-0.39, 0.29) is 11.3 Å². The van der Waals surface area contributed by atoms with Gasteiger partial charge in [-0.25, -0.2) is 9.97 Å². The SMILES string of the molecule is Cc1cnc(C(C)Nc2nc(Cl)nc(C)c2N)o1. The maximum absolute atomic E-state index is 5.89. The van der Waals surface area contributed by atoms with Crippen molar-refractivity contribution < 1.29 is 4.42 Å². The van der Waals surface area contributed by atoms with Gasteiger partial charge in [0.1, 0.15) is 11.8 Å². The molecule has 7 heteroatoms. The molecule has 0 bridgehead atoms. The van der Waals surface area contributed by atoms with Crippen LogP contribution in [0.4, 0.5) is 11.5 Å².